The van der Waals surface area contributed by atoms with Gasteiger partial charge in [0.1, 0.15) is 17.1 Å². The molecule has 3 rings (SSSR count). The predicted octanol–water partition coefficient (Wildman–Crippen LogP) is 4.20. The number of aryl methyl sites for hydroxylation is 1. The summed E-state index contributed by atoms with van der Waals surface area (Å²) in [5.74, 6) is 0.794. The molecular formula is C16H15ClF3N5O. The van der Waals surface area contributed by atoms with Crippen molar-refractivity contribution >= 4 is 23.2 Å². The molecule has 6 nitrogen and oxygen atoms in total. The number of hydrogen-bond donors (Lipinski definition) is 1. The van der Waals surface area contributed by atoms with Crippen LogP contribution >= 0.6 is 11.6 Å². The summed E-state index contributed by atoms with van der Waals surface area (Å²) in [6, 6.07) is 5.66. The second-order valence-corrected chi connectivity index (χ2v) is 6.02. The van der Waals surface area contributed by atoms with E-state index in [1.807, 2.05) is 6.92 Å². The van der Waals surface area contributed by atoms with Gasteiger partial charge in [-0.25, -0.2) is 9.37 Å². The molecule has 1 N–H and O–H groups in total. The van der Waals surface area contributed by atoms with E-state index in [0.717, 1.165) is 5.56 Å². The molecule has 0 aliphatic carbocycles. The van der Waals surface area contributed by atoms with Gasteiger partial charge in [0.05, 0.1) is 5.69 Å². The van der Waals surface area contributed by atoms with E-state index in [-0.39, 0.29) is 11.8 Å². The quantitative estimate of drug-likeness (QED) is 0.689. The Hall–Kier alpha value is -2.55. The highest BCUT2D eigenvalue weighted by Crippen LogP contribution is 2.29. The third-order valence-electron chi connectivity index (χ3n) is 3.69. The fourth-order valence-electron chi connectivity index (χ4n) is 2.37. The van der Waals surface area contributed by atoms with E-state index in [4.69, 9.17) is 11.6 Å². The van der Waals surface area contributed by atoms with Crippen LogP contribution in [0.1, 0.15) is 24.2 Å². The Bertz CT molecular complexity index is 916. The van der Waals surface area contributed by atoms with Gasteiger partial charge in [-0.2, -0.15) is 23.4 Å². The van der Waals surface area contributed by atoms with Crippen molar-refractivity contribution < 1.29 is 17.9 Å². The fourth-order valence-corrected chi connectivity index (χ4v) is 2.55. The third kappa shape index (κ3) is 3.67. The van der Waals surface area contributed by atoms with Crippen LogP contribution in [-0.2, 0) is 0 Å². The van der Waals surface area contributed by atoms with Crippen LogP contribution in [0.2, 0.25) is 5.02 Å². The molecule has 0 aliphatic rings. The normalized spacial score (nSPS) is 13.0. The van der Waals surface area contributed by atoms with Crippen LogP contribution in [0.4, 0.5) is 19.0 Å². The molecule has 0 amide bonds. The number of halogens is 4. The molecule has 0 bridgehead atoms. The molecule has 1 aromatic carbocycles. The molecule has 10 heteroatoms. The van der Waals surface area contributed by atoms with Gasteiger partial charge in [-0.3, -0.25) is 0 Å². The smallest absolute Gasteiger partial charge is 0.427 e. The Balaban J connectivity index is 1.82. The highest BCUT2D eigenvalue weighted by atomic mass is 35.5. The number of nitrogens with zero attached hydrogens (tertiary/aromatic N) is 4. The molecular weight excluding hydrogens is 371 g/mol. The predicted molar refractivity (Wildman–Crippen MR) is 90.6 cm³/mol. The molecule has 1 unspecified atom stereocenters. The van der Waals surface area contributed by atoms with Gasteiger partial charge >= 0.3 is 6.11 Å². The summed E-state index contributed by atoms with van der Waals surface area (Å²) in [6.07, 6.45) is -2.47. The molecule has 0 aliphatic heterocycles. The molecule has 2 heterocycles. The Kier molecular flexibility index (Phi) is 4.90. The highest BCUT2D eigenvalue weighted by Gasteiger charge is 2.31. The summed E-state index contributed by atoms with van der Waals surface area (Å²) in [5.41, 5.74) is 1.37. The van der Waals surface area contributed by atoms with Crippen molar-refractivity contribution in [3.63, 3.8) is 0 Å². The molecule has 0 fully saturated rings. The van der Waals surface area contributed by atoms with Crippen molar-refractivity contribution in [2.45, 2.75) is 26.0 Å². The van der Waals surface area contributed by atoms with E-state index in [9.17, 15) is 13.2 Å². The Morgan fingerprint density at radius 3 is 2.65 bits per heavy atom. The van der Waals surface area contributed by atoms with Crippen molar-refractivity contribution in [1.29, 1.82) is 0 Å². The minimum atomic E-state index is -3.84. The lowest BCUT2D eigenvalue weighted by Gasteiger charge is -2.19. The summed E-state index contributed by atoms with van der Waals surface area (Å²) in [6.45, 7) is 1.73. The first-order valence-electron chi connectivity index (χ1n) is 7.66. The Labute approximate surface area is 152 Å². The number of anilines is 1. The number of benzene rings is 1. The first-order valence-corrected chi connectivity index (χ1v) is 8.03. The summed E-state index contributed by atoms with van der Waals surface area (Å²) in [5, 5.41) is 7.70. The van der Waals surface area contributed by atoms with Crippen molar-refractivity contribution in [3.05, 3.63) is 46.9 Å². The minimum absolute atomic E-state index is 0.125. The summed E-state index contributed by atoms with van der Waals surface area (Å²) < 4.78 is 43.8. The van der Waals surface area contributed by atoms with E-state index in [1.54, 1.807) is 19.1 Å². The van der Waals surface area contributed by atoms with Crippen molar-refractivity contribution in [2.24, 2.45) is 0 Å². The monoisotopic (exact) mass is 385 g/mol. The van der Waals surface area contributed by atoms with Crippen molar-refractivity contribution in [3.8, 4) is 5.75 Å². The van der Waals surface area contributed by atoms with E-state index >= 15 is 0 Å². The van der Waals surface area contributed by atoms with Gasteiger partial charge in [-0.1, -0.05) is 23.7 Å². The minimum Gasteiger partial charge on any atom is -0.431 e. The van der Waals surface area contributed by atoms with Crippen LogP contribution < -0.4 is 10.1 Å². The van der Waals surface area contributed by atoms with Crippen molar-refractivity contribution in [2.75, 3.05) is 12.0 Å². The number of nitrogens with one attached hydrogen (secondary N) is 1. The second-order valence-electron chi connectivity index (χ2n) is 5.64. The number of ether oxygens (including phenoxy) is 1. The lowest BCUT2D eigenvalue weighted by Crippen LogP contribution is -2.26. The molecule has 138 valence electrons. The van der Waals surface area contributed by atoms with Gasteiger partial charge in [-0.15, -0.1) is 0 Å². The molecule has 1 atom stereocenters. The van der Waals surface area contributed by atoms with Gasteiger partial charge < -0.3 is 10.1 Å². The standard InChI is InChI=1S/C16H15ClF3N5O/c1-9(11-3-5-12(6-4-11)26-16(19,20)7-18)23-14-13(17)10(2)24-15-21-8-22-25(14)15/h3-6,8-9,23H,7H2,1-2H3. The zero-order chi connectivity index (χ0) is 18.9. The molecule has 3 aromatic rings. The summed E-state index contributed by atoms with van der Waals surface area (Å²) in [7, 11) is 0. The van der Waals surface area contributed by atoms with Crippen LogP contribution in [-0.4, -0.2) is 32.4 Å². The Morgan fingerprint density at radius 1 is 1.31 bits per heavy atom. The average Bonchev–Trinajstić information content (AvgIpc) is 3.07. The second kappa shape index (κ2) is 6.99. The SMILES string of the molecule is Cc1nc2ncnn2c(NC(C)c2ccc(OC(F)(F)CF)cc2)c1Cl. The summed E-state index contributed by atoms with van der Waals surface area (Å²) >= 11 is 6.32. The molecule has 0 radical (unpaired) electrons. The zero-order valence-electron chi connectivity index (χ0n) is 13.9. The van der Waals surface area contributed by atoms with E-state index < -0.39 is 12.8 Å². The maximum Gasteiger partial charge on any atom is 0.427 e. The lowest BCUT2D eigenvalue weighted by molar-refractivity contribution is -0.186. The Morgan fingerprint density at radius 2 is 2.00 bits per heavy atom. The molecule has 2 aromatic heterocycles. The average molecular weight is 386 g/mol. The van der Waals surface area contributed by atoms with E-state index in [2.05, 4.69) is 25.1 Å². The highest BCUT2D eigenvalue weighted by molar-refractivity contribution is 6.33. The maximum absolute atomic E-state index is 12.9. The zero-order valence-corrected chi connectivity index (χ0v) is 14.6. The lowest BCUT2D eigenvalue weighted by atomic mass is 10.1. The van der Waals surface area contributed by atoms with E-state index in [0.29, 0.717) is 22.3 Å². The van der Waals surface area contributed by atoms with Crippen LogP contribution in [0.5, 0.6) is 5.75 Å². The first kappa shape index (κ1) is 18.2. The maximum atomic E-state index is 12.9. The van der Waals surface area contributed by atoms with Gasteiger partial charge in [-0.05, 0) is 31.5 Å². The number of hydrogen-bond acceptors (Lipinski definition) is 5. The van der Waals surface area contributed by atoms with Gasteiger partial charge in [0, 0.05) is 6.04 Å². The third-order valence-corrected chi connectivity index (χ3v) is 4.14. The van der Waals surface area contributed by atoms with Gasteiger partial charge in [0.25, 0.3) is 5.78 Å². The van der Waals surface area contributed by atoms with Gasteiger partial charge in [0.2, 0.25) is 0 Å². The summed E-state index contributed by atoms with van der Waals surface area (Å²) in [4.78, 5) is 8.27. The van der Waals surface area contributed by atoms with Crippen LogP contribution in [0.25, 0.3) is 5.78 Å². The topological polar surface area (TPSA) is 64.3 Å². The molecule has 0 saturated carbocycles. The van der Waals surface area contributed by atoms with Crippen LogP contribution in [0, 0.1) is 6.92 Å². The molecule has 0 saturated heterocycles. The first-order chi connectivity index (χ1) is 12.3. The largest absolute Gasteiger partial charge is 0.431 e. The molecule has 26 heavy (non-hydrogen) atoms. The van der Waals surface area contributed by atoms with Gasteiger partial charge in [0.15, 0.2) is 12.5 Å². The molecule has 0 spiro atoms. The fraction of sp³-hybridized carbons (Fsp3) is 0.312. The van der Waals surface area contributed by atoms with Crippen LogP contribution in [0.15, 0.2) is 30.6 Å². The van der Waals surface area contributed by atoms with Crippen LogP contribution in [0.3, 0.4) is 0 Å². The number of alkyl halides is 3. The number of rotatable bonds is 6. The van der Waals surface area contributed by atoms with E-state index in [1.165, 1.54) is 23.0 Å². The number of fused-ring (bicyclic) bond motifs is 1. The van der Waals surface area contributed by atoms with Crippen molar-refractivity contribution in [1.82, 2.24) is 19.6 Å². The number of aromatic nitrogens is 4.